The van der Waals surface area contributed by atoms with Crippen molar-refractivity contribution < 1.29 is 32.2 Å². The third kappa shape index (κ3) is 6.01. The number of carbonyl (C=O) groups excluding carboxylic acids is 2. The zero-order valence-corrected chi connectivity index (χ0v) is 24.8. The van der Waals surface area contributed by atoms with Gasteiger partial charge in [-0.3, -0.25) is 9.59 Å². The second-order valence-corrected chi connectivity index (χ2v) is 11.7. The van der Waals surface area contributed by atoms with Crippen LogP contribution in [0.4, 0.5) is 0 Å². The monoisotopic (exact) mass is 585 g/mol. The number of likely N-dealkylation sites (N-methyl/N-ethyl adjacent to an activating group) is 1. The van der Waals surface area contributed by atoms with Crippen LogP contribution in [0.25, 0.3) is 17.0 Å². The Morgan fingerprint density at radius 2 is 1.56 bits per heavy atom. The number of hydrogen-bond donors (Lipinski definition) is 1. The Balaban J connectivity index is 1.82. The molecule has 1 aliphatic heterocycles. The number of rotatable bonds is 9. The SMILES string of the molecule is COc1cc(C(=O)N/C(=C\c2cn(S(=O)(=O)N(C)C)c3ccccc23)C(=O)N2CCN(C)CC2)cc(OC)c1OC. The van der Waals surface area contributed by atoms with Crippen molar-refractivity contribution in [2.75, 3.05) is 68.7 Å². The van der Waals surface area contributed by atoms with E-state index in [1.54, 1.807) is 29.2 Å². The van der Waals surface area contributed by atoms with Gasteiger partial charge in [-0.05, 0) is 31.3 Å². The van der Waals surface area contributed by atoms with Crippen LogP contribution < -0.4 is 19.5 Å². The van der Waals surface area contributed by atoms with Gasteiger partial charge >= 0.3 is 10.2 Å². The summed E-state index contributed by atoms with van der Waals surface area (Å²) in [6.45, 7) is 2.31. The molecule has 12 nitrogen and oxygen atoms in total. The maximum Gasteiger partial charge on any atom is 0.307 e. The summed E-state index contributed by atoms with van der Waals surface area (Å²) in [5.74, 6) is -0.0747. The Labute approximate surface area is 239 Å². The van der Waals surface area contributed by atoms with E-state index in [4.69, 9.17) is 14.2 Å². The van der Waals surface area contributed by atoms with Crippen LogP contribution in [0, 0.1) is 0 Å². The second kappa shape index (κ2) is 12.2. The number of amides is 2. The summed E-state index contributed by atoms with van der Waals surface area (Å²) in [4.78, 5) is 31.1. The van der Waals surface area contributed by atoms with Crippen LogP contribution in [0.1, 0.15) is 15.9 Å². The summed E-state index contributed by atoms with van der Waals surface area (Å²) < 4.78 is 44.5. The summed E-state index contributed by atoms with van der Waals surface area (Å²) in [6.07, 6.45) is 2.96. The van der Waals surface area contributed by atoms with Crippen LogP contribution in [0.2, 0.25) is 0 Å². The van der Waals surface area contributed by atoms with Crippen molar-refractivity contribution in [1.82, 2.24) is 23.4 Å². The molecule has 2 heterocycles. The maximum atomic E-state index is 13.8. The normalized spacial score (nSPS) is 14.8. The number of piperazine rings is 1. The minimum atomic E-state index is -3.86. The highest BCUT2D eigenvalue weighted by atomic mass is 32.2. The van der Waals surface area contributed by atoms with Gasteiger partial charge in [-0.15, -0.1) is 0 Å². The summed E-state index contributed by atoms with van der Waals surface area (Å²) in [7, 11) is 5.35. The van der Waals surface area contributed by atoms with E-state index < -0.39 is 16.1 Å². The minimum Gasteiger partial charge on any atom is -0.493 e. The first kappa shape index (κ1) is 29.9. The van der Waals surface area contributed by atoms with Gasteiger partial charge in [0.2, 0.25) is 5.75 Å². The van der Waals surface area contributed by atoms with E-state index in [9.17, 15) is 18.0 Å². The van der Waals surface area contributed by atoms with Crippen molar-refractivity contribution in [1.29, 1.82) is 0 Å². The van der Waals surface area contributed by atoms with Gasteiger partial charge in [-0.2, -0.15) is 12.7 Å². The quantitative estimate of drug-likeness (QED) is 0.378. The van der Waals surface area contributed by atoms with Gasteiger partial charge in [0.1, 0.15) is 5.70 Å². The predicted molar refractivity (Wildman–Crippen MR) is 156 cm³/mol. The molecule has 220 valence electrons. The number of methoxy groups -OCH3 is 3. The molecule has 0 saturated carbocycles. The van der Waals surface area contributed by atoms with Gasteiger partial charge in [-0.1, -0.05) is 18.2 Å². The van der Waals surface area contributed by atoms with Gasteiger partial charge in [0.15, 0.2) is 11.5 Å². The molecular formula is C28H35N5O7S. The van der Waals surface area contributed by atoms with Crippen LogP contribution in [0.3, 0.4) is 0 Å². The van der Waals surface area contributed by atoms with E-state index in [1.165, 1.54) is 59.8 Å². The predicted octanol–water partition coefficient (Wildman–Crippen LogP) is 1.87. The number of nitrogens with zero attached hydrogens (tertiary/aromatic N) is 4. The first-order chi connectivity index (χ1) is 19.5. The van der Waals surface area contributed by atoms with E-state index in [-0.39, 0.29) is 28.7 Å². The van der Waals surface area contributed by atoms with Gasteiger partial charge in [0, 0.05) is 63.0 Å². The third-order valence-corrected chi connectivity index (χ3v) is 8.64. The lowest BCUT2D eigenvalue weighted by molar-refractivity contribution is -0.128. The fourth-order valence-corrected chi connectivity index (χ4v) is 5.56. The zero-order chi connectivity index (χ0) is 29.9. The van der Waals surface area contributed by atoms with E-state index >= 15 is 0 Å². The van der Waals surface area contributed by atoms with Gasteiger partial charge in [0.05, 0.1) is 26.8 Å². The van der Waals surface area contributed by atoms with Gasteiger partial charge in [0.25, 0.3) is 11.8 Å². The topological polar surface area (TPSA) is 123 Å². The van der Waals surface area contributed by atoms with Crippen LogP contribution in [0.5, 0.6) is 17.2 Å². The Morgan fingerprint density at radius 3 is 2.12 bits per heavy atom. The van der Waals surface area contributed by atoms with Crippen molar-refractivity contribution in [3.05, 3.63) is 59.4 Å². The second-order valence-electron chi connectivity index (χ2n) is 9.71. The smallest absolute Gasteiger partial charge is 0.307 e. The highest BCUT2D eigenvalue weighted by Gasteiger charge is 2.27. The number of benzene rings is 2. The van der Waals surface area contributed by atoms with E-state index in [2.05, 4.69) is 10.2 Å². The number of nitrogens with one attached hydrogen (secondary N) is 1. The molecular weight excluding hydrogens is 550 g/mol. The van der Waals surface area contributed by atoms with Gasteiger partial charge < -0.3 is 29.3 Å². The Bertz CT molecular complexity index is 1560. The highest BCUT2D eigenvalue weighted by Crippen LogP contribution is 2.38. The molecule has 0 aliphatic carbocycles. The number of aromatic nitrogens is 1. The van der Waals surface area contributed by atoms with E-state index in [0.29, 0.717) is 48.4 Å². The molecule has 41 heavy (non-hydrogen) atoms. The summed E-state index contributed by atoms with van der Waals surface area (Å²) in [5.41, 5.74) is 1.07. The molecule has 1 N–H and O–H groups in total. The molecule has 4 rings (SSSR count). The maximum absolute atomic E-state index is 13.8. The molecule has 1 fully saturated rings. The van der Waals surface area contributed by atoms with Crippen molar-refractivity contribution in [3.63, 3.8) is 0 Å². The molecule has 1 aliphatic rings. The number of carbonyl (C=O) groups is 2. The fourth-order valence-electron chi connectivity index (χ4n) is 4.55. The van der Waals surface area contributed by atoms with Crippen molar-refractivity contribution in [2.24, 2.45) is 0 Å². The lowest BCUT2D eigenvalue weighted by Gasteiger charge is -2.33. The largest absolute Gasteiger partial charge is 0.493 e. The van der Waals surface area contributed by atoms with Gasteiger partial charge in [-0.25, -0.2) is 3.97 Å². The molecule has 0 bridgehead atoms. The molecule has 0 atom stereocenters. The van der Waals surface area contributed by atoms with Crippen molar-refractivity contribution in [3.8, 4) is 17.2 Å². The molecule has 13 heteroatoms. The summed E-state index contributed by atoms with van der Waals surface area (Å²) in [5, 5.41) is 3.36. The summed E-state index contributed by atoms with van der Waals surface area (Å²) in [6, 6.07) is 9.95. The van der Waals surface area contributed by atoms with Crippen molar-refractivity contribution in [2.45, 2.75) is 0 Å². The number of ether oxygens (including phenoxy) is 3. The molecule has 0 unspecified atom stereocenters. The van der Waals surface area contributed by atoms with Crippen LogP contribution in [-0.4, -0.2) is 107 Å². The van der Waals surface area contributed by atoms with E-state index in [0.717, 1.165) is 8.28 Å². The number of para-hydroxylation sites is 1. The van der Waals surface area contributed by atoms with Crippen LogP contribution in [0.15, 0.2) is 48.3 Å². The van der Waals surface area contributed by atoms with E-state index in [1.807, 2.05) is 7.05 Å². The Morgan fingerprint density at radius 1 is 0.951 bits per heavy atom. The first-order valence-electron chi connectivity index (χ1n) is 12.9. The molecule has 0 spiro atoms. The highest BCUT2D eigenvalue weighted by molar-refractivity contribution is 7.87. The minimum absolute atomic E-state index is 0.00143. The first-order valence-corrected chi connectivity index (χ1v) is 14.3. The van der Waals surface area contributed by atoms with Crippen molar-refractivity contribution >= 4 is 39.0 Å². The average molecular weight is 586 g/mol. The molecule has 1 aromatic heterocycles. The van der Waals surface area contributed by atoms with Crippen LogP contribution >= 0.6 is 0 Å². The molecule has 2 aromatic carbocycles. The Kier molecular flexibility index (Phi) is 8.90. The Hall–Kier alpha value is -4.07. The third-order valence-electron chi connectivity index (χ3n) is 6.91. The standard InChI is InChI=1S/C28H35N5O7S/c1-30(2)41(36,37)33-18-20(21-9-7-8-10-23(21)33)15-22(28(35)32-13-11-31(3)12-14-32)29-27(34)19-16-24(38-4)26(40-6)25(17-19)39-5/h7-10,15-18H,11-14H2,1-6H3,(H,29,34)/b22-15-. The molecule has 3 aromatic rings. The molecule has 2 amide bonds. The molecule has 1 saturated heterocycles. The number of hydrogen-bond acceptors (Lipinski definition) is 8. The summed E-state index contributed by atoms with van der Waals surface area (Å²) >= 11 is 0. The number of fused-ring (bicyclic) bond motifs is 1. The molecule has 0 radical (unpaired) electrons. The van der Waals surface area contributed by atoms with Crippen LogP contribution in [-0.2, 0) is 15.0 Å². The fraction of sp³-hybridized carbons (Fsp3) is 0.357. The lowest BCUT2D eigenvalue weighted by atomic mass is 10.1. The zero-order valence-electron chi connectivity index (χ0n) is 24.0. The lowest BCUT2D eigenvalue weighted by Crippen LogP contribution is -2.49. The average Bonchev–Trinajstić information content (AvgIpc) is 3.34.